The molecular weight excluding hydrogens is 216 g/mol. The van der Waals surface area contributed by atoms with Gasteiger partial charge in [0.1, 0.15) is 0 Å². The Hall–Kier alpha value is -1.04. The molecule has 0 aliphatic heterocycles. The lowest BCUT2D eigenvalue weighted by molar-refractivity contribution is 0.0956. The van der Waals surface area contributed by atoms with Crippen LogP contribution in [0.4, 0.5) is 0 Å². The van der Waals surface area contributed by atoms with E-state index in [4.69, 9.17) is 21.6 Å². The molecule has 0 aromatic heterocycles. The summed E-state index contributed by atoms with van der Waals surface area (Å²) in [5, 5.41) is 20.6. The van der Waals surface area contributed by atoms with Crippen molar-refractivity contribution in [3.05, 3.63) is 28.8 Å². The molecule has 15 heavy (non-hydrogen) atoms. The molecule has 1 aromatic carbocycles. The Morgan fingerprint density at radius 3 is 2.67 bits per heavy atom. The van der Waals surface area contributed by atoms with Gasteiger partial charge in [-0.15, -0.1) is 0 Å². The molecule has 0 aliphatic carbocycles. The second-order valence-electron chi connectivity index (χ2n) is 2.97. The molecule has 0 saturated carbocycles. The van der Waals surface area contributed by atoms with E-state index in [1.54, 1.807) is 0 Å². The highest BCUT2D eigenvalue weighted by Gasteiger charge is 2.16. The average Bonchev–Trinajstić information content (AvgIpc) is 2.17. The van der Waals surface area contributed by atoms with Crippen LogP contribution in [0.5, 0.6) is 0 Å². The molecule has 0 aliphatic rings. The predicted molar refractivity (Wildman–Crippen MR) is 59.3 cm³/mol. The van der Waals surface area contributed by atoms with Gasteiger partial charge in [-0.25, -0.2) is 0 Å². The number of hydrogen-bond acceptors (Lipinski definition) is 3. The first-order valence-electron chi connectivity index (χ1n) is 4.50. The summed E-state index contributed by atoms with van der Waals surface area (Å²) in [6.07, 6.45) is 0. The second kappa shape index (κ2) is 5.16. The molecule has 0 radical (unpaired) electrons. The lowest BCUT2D eigenvalue weighted by atomic mass is 9.80. The SMILES string of the molecule is CCNC(=O)c1ccc(B(O)O)c(Cl)c1. The maximum atomic E-state index is 11.4. The molecule has 0 spiro atoms. The number of nitrogens with one attached hydrogen (secondary N) is 1. The van der Waals surface area contributed by atoms with Gasteiger partial charge < -0.3 is 15.4 Å². The first-order chi connectivity index (χ1) is 7.06. The molecule has 3 N–H and O–H groups in total. The molecule has 80 valence electrons. The zero-order valence-electron chi connectivity index (χ0n) is 8.20. The Bertz CT molecular complexity index is 370. The molecule has 1 aromatic rings. The van der Waals surface area contributed by atoms with Crippen molar-refractivity contribution < 1.29 is 14.8 Å². The Kier molecular flexibility index (Phi) is 4.14. The Labute approximate surface area is 93.0 Å². The lowest BCUT2D eigenvalue weighted by Gasteiger charge is -2.06. The van der Waals surface area contributed by atoms with Gasteiger partial charge in [-0.2, -0.15) is 0 Å². The zero-order chi connectivity index (χ0) is 11.4. The van der Waals surface area contributed by atoms with Crippen molar-refractivity contribution >= 4 is 30.1 Å². The molecular formula is C9H11BClNO3. The summed E-state index contributed by atoms with van der Waals surface area (Å²) in [4.78, 5) is 11.4. The third kappa shape index (κ3) is 2.96. The van der Waals surface area contributed by atoms with Crippen LogP contribution in [0.15, 0.2) is 18.2 Å². The lowest BCUT2D eigenvalue weighted by Crippen LogP contribution is -2.31. The van der Waals surface area contributed by atoms with Crippen molar-refractivity contribution in [2.24, 2.45) is 0 Å². The minimum absolute atomic E-state index is 0.161. The van der Waals surface area contributed by atoms with Gasteiger partial charge in [0.05, 0.1) is 0 Å². The van der Waals surface area contributed by atoms with Crippen LogP contribution in [0.25, 0.3) is 0 Å². The monoisotopic (exact) mass is 227 g/mol. The minimum Gasteiger partial charge on any atom is -0.423 e. The predicted octanol–water partition coefficient (Wildman–Crippen LogP) is -0.230. The van der Waals surface area contributed by atoms with Gasteiger partial charge in [0.2, 0.25) is 0 Å². The average molecular weight is 227 g/mol. The molecule has 0 saturated heterocycles. The van der Waals surface area contributed by atoms with Crippen LogP contribution in [0.2, 0.25) is 5.02 Å². The number of carbonyl (C=O) groups excluding carboxylic acids is 1. The van der Waals surface area contributed by atoms with Crippen LogP contribution < -0.4 is 10.8 Å². The summed E-state index contributed by atoms with van der Waals surface area (Å²) in [6, 6.07) is 4.31. The summed E-state index contributed by atoms with van der Waals surface area (Å²) in [6.45, 7) is 2.34. The molecule has 6 heteroatoms. The van der Waals surface area contributed by atoms with E-state index in [9.17, 15) is 4.79 Å². The van der Waals surface area contributed by atoms with Crippen LogP contribution in [-0.2, 0) is 0 Å². The van der Waals surface area contributed by atoms with Gasteiger partial charge >= 0.3 is 7.12 Å². The fraction of sp³-hybridized carbons (Fsp3) is 0.222. The van der Waals surface area contributed by atoms with Crippen LogP contribution >= 0.6 is 11.6 Å². The summed E-state index contributed by atoms with van der Waals surface area (Å²) in [7, 11) is -1.62. The second-order valence-corrected chi connectivity index (χ2v) is 3.38. The topological polar surface area (TPSA) is 69.6 Å². The minimum atomic E-state index is -1.62. The van der Waals surface area contributed by atoms with Crippen molar-refractivity contribution in [3.63, 3.8) is 0 Å². The zero-order valence-corrected chi connectivity index (χ0v) is 8.95. The molecule has 1 rings (SSSR count). The fourth-order valence-corrected chi connectivity index (χ4v) is 1.42. The van der Waals surface area contributed by atoms with Crippen molar-refractivity contribution in [2.75, 3.05) is 6.54 Å². The summed E-state index contributed by atoms with van der Waals surface area (Å²) in [5.74, 6) is -0.238. The van der Waals surface area contributed by atoms with Gasteiger partial charge in [-0.05, 0) is 19.1 Å². The molecule has 4 nitrogen and oxygen atoms in total. The van der Waals surface area contributed by atoms with Gasteiger partial charge in [0.15, 0.2) is 0 Å². The molecule has 0 atom stereocenters. The summed E-state index contributed by atoms with van der Waals surface area (Å²) < 4.78 is 0. The van der Waals surface area contributed by atoms with E-state index in [1.165, 1.54) is 18.2 Å². The van der Waals surface area contributed by atoms with Crippen molar-refractivity contribution in [3.8, 4) is 0 Å². The van der Waals surface area contributed by atoms with Gasteiger partial charge in [0.25, 0.3) is 5.91 Å². The Morgan fingerprint density at radius 2 is 2.20 bits per heavy atom. The van der Waals surface area contributed by atoms with Crippen LogP contribution in [-0.4, -0.2) is 29.6 Å². The van der Waals surface area contributed by atoms with Gasteiger partial charge in [-0.1, -0.05) is 17.7 Å². The van der Waals surface area contributed by atoms with E-state index in [0.29, 0.717) is 12.1 Å². The van der Waals surface area contributed by atoms with Gasteiger partial charge in [-0.3, -0.25) is 4.79 Å². The highest BCUT2D eigenvalue weighted by molar-refractivity contribution is 6.62. The Morgan fingerprint density at radius 1 is 1.53 bits per heavy atom. The smallest absolute Gasteiger partial charge is 0.423 e. The highest BCUT2D eigenvalue weighted by atomic mass is 35.5. The number of halogens is 1. The molecule has 0 heterocycles. The quantitative estimate of drug-likeness (QED) is 0.625. The summed E-state index contributed by atoms with van der Waals surface area (Å²) in [5.41, 5.74) is 0.580. The van der Waals surface area contributed by atoms with Crippen LogP contribution in [0.1, 0.15) is 17.3 Å². The fourth-order valence-electron chi connectivity index (χ4n) is 1.14. The standard InChI is InChI=1S/C9H11BClNO3/c1-2-12-9(13)6-3-4-7(10(14)15)8(11)5-6/h3-5,14-15H,2H2,1H3,(H,12,13). The van der Waals surface area contributed by atoms with E-state index in [2.05, 4.69) is 5.32 Å². The van der Waals surface area contributed by atoms with E-state index >= 15 is 0 Å². The molecule has 0 fully saturated rings. The summed E-state index contributed by atoms with van der Waals surface area (Å²) >= 11 is 5.77. The van der Waals surface area contributed by atoms with Crippen molar-refractivity contribution in [1.29, 1.82) is 0 Å². The first-order valence-corrected chi connectivity index (χ1v) is 4.87. The molecule has 1 amide bonds. The largest absolute Gasteiger partial charge is 0.489 e. The maximum absolute atomic E-state index is 11.4. The van der Waals surface area contributed by atoms with Gasteiger partial charge in [0, 0.05) is 22.6 Å². The van der Waals surface area contributed by atoms with Crippen LogP contribution in [0, 0.1) is 0 Å². The van der Waals surface area contributed by atoms with Crippen LogP contribution in [0.3, 0.4) is 0 Å². The number of rotatable bonds is 3. The number of hydrogen-bond donors (Lipinski definition) is 3. The van der Waals surface area contributed by atoms with E-state index in [0.717, 1.165) is 0 Å². The van der Waals surface area contributed by atoms with Crippen molar-refractivity contribution in [2.45, 2.75) is 6.92 Å². The first kappa shape index (κ1) is 12.0. The van der Waals surface area contributed by atoms with E-state index in [1.807, 2.05) is 6.92 Å². The Balaban J connectivity index is 2.96. The normalized spacial score (nSPS) is 9.87. The molecule has 0 bridgehead atoms. The third-order valence-electron chi connectivity index (χ3n) is 1.88. The maximum Gasteiger partial charge on any atom is 0.489 e. The number of amides is 1. The van der Waals surface area contributed by atoms with E-state index in [-0.39, 0.29) is 16.4 Å². The highest BCUT2D eigenvalue weighted by Crippen LogP contribution is 2.09. The third-order valence-corrected chi connectivity index (χ3v) is 2.21. The number of benzene rings is 1. The van der Waals surface area contributed by atoms with Crippen molar-refractivity contribution in [1.82, 2.24) is 5.32 Å². The molecule has 0 unspecified atom stereocenters. The van der Waals surface area contributed by atoms with E-state index < -0.39 is 7.12 Å². The number of carbonyl (C=O) groups is 1.